The number of anilines is 1. The number of hydrogen-bond acceptors (Lipinski definition) is 5. The van der Waals surface area contributed by atoms with Crippen molar-refractivity contribution in [3.63, 3.8) is 0 Å². The van der Waals surface area contributed by atoms with Crippen LogP contribution in [0.5, 0.6) is 0 Å². The van der Waals surface area contributed by atoms with Crippen molar-refractivity contribution in [1.29, 1.82) is 0 Å². The highest BCUT2D eigenvalue weighted by Gasteiger charge is 2.27. The predicted octanol–water partition coefficient (Wildman–Crippen LogP) is 5.38. The van der Waals surface area contributed by atoms with Crippen LogP contribution in [0.1, 0.15) is 43.3 Å². The summed E-state index contributed by atoms with van der Waals surface area (Å²) in [6.07, 6.45) is 1.47. The summed E-state index contributed by atoms with van der Waals surface area (Å²) in [6.45, 7) is 6.28. The van der Waals surface area contributed by atoms with Crippen LogP contribution in [0, 0.1) is 0 Å². The Morgan fingerprint density at radius 3 is 2.35 bits per heavy atom. The Hall–Kier alpha value is -2.91. The Morgan fingerprint density at radius 1 is 1.08 bits per heavy atom. The summed E-state index contributed by atoms with van der Waals surface area (Å²) in [4.78, 5) is 36.4. The second-order valence-corrected chi connectivity index (χ2v) is 10.7. The zero-order valence-corrected chi connectivity index (χ0v) is 22.6. The molecular weight excluding hydrogens is 535 g/mol. The molecule has 1 saturated heterocycles. The van der Waals surface area contributed by atoms with Crippen LogP contribution >= 0.6 is 34.8 Å². The molecule has 2 aromatic rings. The van der Waals surface area contributed by atoms with Gasteiger partial charge in [-0.15, -0.1) is 0 Å². The largest absolute Gasteiger partial charge is 0.325 e. The molecule has 0 bridgehead atoms. The summed E-state index contributed by atoms with van der Waals surface area (Å²) in [7, 11) is 0. The number of hydrogen-bond donors (Lipinski definition) is 2. The number of nitrogens with one attached hydrogen (secondary N) is 2. The summed E-state index contributed by atoms with van der Waals surface area (Å²) < 4.78 is 1.62. The van der Waals surface area contributed by atoms with Crippen molar-refractivity contribution in [2.75, 3.05) is 25.0 Å². The molecule has 11 heteroatoms. The minimum absolute atomic E-state index is 0.000373. The Labute approximate surface area is 228 Å². The van der Waals surface area contributed by atoms with Gasteiger partial charge in [-0.2, -0.15) is 4.98 Å². The highest BCUT2D eigenvalue weighted by atomic mass is 35.5. The molecule has 3 heterocycles. The molecule has 0 aliphatic carbocycles. The van der Waals surface area contributed by atoms with Gasteiger partial charge in [0.15, 0.2) is 5.82 Å². The Kier molecular flexibility index (Phi) is 7.27. The SMILES string of the molecule is CC(C)c1[nH]n(-c2c(Cl)cc(Cl)cc2Cl)c2nc(Cc3ccc(NC(=O)CN4CCC4)cc3)nc(=O)c1-2. The third-order valence-corrected chi connectivity index (χ3v) is 7.11. The summed E-state index contributed by atoms with van der Waals surface area (Å²) in [5.41, 5.74) is 2.76. The van der Waals surface area contributed by atoms with Crippen molar-refractivity contribution >= 4 is 46.4 Å². The number of halogens is 3. The zero-order chi connectivity index (χ0) is 26.3. The molecule has 2 aromatic carbocycles. The fourth-order valence-electron chi connectivity index (χ4n) is 4.34. The number of fused-ring (bicyclic) bond motifs is 1. The molecule has 192 valence electrons. The zero-order valence-electron chi connectivity index (χ0n) is 20.3. The number of aromatic nitrogens is 4. The minimum atomic E-state index is -0.380. The number of aromatic amines is 1. The maximum atomic E-state index is 13.2. The first kappa shape index (κ1) is 25.7. The van der Waals surface area contributed by atoms with E-state index in [-0.39, 0.29) is 17.4 Å². The standard InChI is InChI=1S/C26H25Cl3N6O2/c1-14(2)23-22-25(35(33-23)24-18(28)11-16(27)12-19(24)29)31-20(32-26(22)37)10-15-4-6-17(7-5-15)30-21(36)13-34-8-3-9-34/h4-7,11-12,14,33H,3,8-10,13H2,1-2H3,(H,30,36). The van der Waals surface area contributed by atoms with Gasteiger partial charge >= 0.3 is 0 Å². The van der Waals surface area contributed by atoms with Gasteiger partial charge in [0.1, 0.15) is 17.1 Å². The number of carbonyl (C=O) groups excluding carboxylic acids is 1. The molecule has 5 rings (SSSR count). The lowest BCUT2D eigenvalue weighted by molar-refractivity contribution is -0.118. The Bertz CT molecular complexity index is 1470. The number of rotatable bonds is 7. The van der Waals surface area contributed by atoms with Crippen molar-refractivity contribution in [2.24, 2.45) is 0 Å². The number of carbonyl (C=O) groups is 1. The average molecular weight is 560 g/mol. The number of likely N-dealkylation sites (tertiary alicyclic amines) is 1. The normalized spacial score (nSPS) is 13.8. The fourth-order valence-corrected chi connectivity index (χ4v) is 5.32. The molecule has 0 spiro atoms. The van der Waals surface area contributed by atoms with Gasteiger partial charge in [0.25, 0.3) is 5.56 Å². The number of nitrogens with zero attached hydrogens (tertiary/aromatic N) is 4. The molecule has 1 fully saturated rings. The third-order valence-electron chi connectivity index (χ3n) is 6.31. The van der Waals surface area contributed by atoms with Gasteiger partial charge in [-0.1, -0.05) is 60.8 Å². The van der Waals surface area contributed by atoms with E-state index in [1.54, 1.807) is 16.8 Å². The minimum Gasteiger partial charge on any atom is -0.325 e. The van der Waals surface area contributed by atoms with Gasteiger partial charge in [-0.25, -0.2) is 9.67 Å². The lowest BCUT2D eigenvalue weighted by atomic mass is 10.1. The van der Waals surface area contributed by atoms with E-state index in [0.29, 0.717) is 62.3 Å². The number of H-pyrrole nitrogens is 1. The van der Waals surface area contributed by atoms with Crippen LogP contribution in [-0.2, 0) is 11.2 Å². The van der Waals surface area contributed by atoms with Gasteiger partial charge in [0, 0.05) is 17.1 Å². The maximum Gasteiger partial charge on any atom is 0.284 e. The Morgan fingerprint density at radius 2 is 1.76 bits per heavy atom. The summed E-state index contributed by atoms with van der Waals surface area (Å²) in [5.74, 6) is 0.713. The number of amides is 1. The van der Waals surface area contributed by atoms with Crippen LogP contribution in [0.15, 0.2) is 41.2 Å². The molecule has 0 aromatic heterocycles. The van der Waals surface area contributed by atoms with E-state index >= 15 is 0 Å². The van der Waals surface area contributed by atoms with Crippen molar-refractivity contribution < 1.29 is 4.79 Å². The summed E-state index contributed by atoms with van der Waals surface area (Å²) >= 11 is 19.1. The second-order valence-electron chi connectivity index (χ2n) is 9.43. The lowest BCUT2D eigenvalue weighted by Crippen LogP contribution is -2.42. The van der Waals surface area contributed by atoms with Crippen LogP contribution < -0.4 is 10.9 Å². The van der Waals surface area contributed by atoms with Gasteiger partial charge in [-0.3, -0.25) is 19.6 Å². The van der Waals surface area contributed by atoms with Crippen molar-refractivity contribution in [3.8, 4) is 17.1 Å². The first-order valence-electron chi connectivity index (χ1n) is 12.0. The Balaban J connectivity index is 1.46. The van der Waals surface area contributed by atoms with Crippen LogP contribution in [0.25, 0.3) is 17.1 Å². The highest BCUT2D eigenvalue weighted by molar-refractivity contribution is 6.40. The van der Waals surface area contributed by atoms with Crippen LogP contribution in [0.3, 0.4) is 0 Å². The van der Waals surface area contributed by atoms with E-state index in [0.717, 1.165) is 25.1 Å². The first-order valence-corrected chi connectivity index (χ1v) is 13.1. The van der Waals surface area contributed by atoms with E-state index in [4.69, 9.17) is 39.8 Å². The summed E-state index contributed by atoms with van der Waals surface area (Å²) in [5, 5.41) is 7.20. The molecular formula is C26H25Cl3N6O2. The van der Waals surface area contributed by atoms with Gasteiger partial charge in [0.2, 0.25) is 5.91 Å². The monoisotopic (exact) mass is 558 g/mol. The number of benzene rings is 2. The topological polar surface area (TPSA) is 95.9 Å². The van der Waals surface area contributed by atoms with E-state index in [9.17, 15) is 9.59 Å². The van der Waals surface area contributed by atoms with E-state index < -0.39 is 0 Å². The van der Waals surface area contributed by atoms with E-state index in [2.05, 4.69) is 20.3 Å². The molecule has 3 aliphatic rings. The molecule has 37 heavy (non-hydrogen) atoms. The van der Waals surface area contributed by atoms with Crippen molar-refractivity contribution in [2.45, 2.75) is 32.6 Å². The van der Waals surface area contributed by atoms with Gasteiger partial charge < -0.3 is 5.32 Å². The van der Waals surface area contributed by atoms with Gasteiger partial charge in [-0.05, 0) is 55.3 Å². The smallest absolute Gasteiger partial charge is 0.284 e. The molecule has 8 nitrogen and oxygen atoms in total. The van der Waals surface area contributed by atoms with Crippen LogP contribution in [0.4, 0.5) is 5.69 Å². The van der Waals surface area contributed by atoms with Crippen LogP contribution in [-0.4, -0.2) is 50.2 Å². The molecule has 3 aliphatic heterocycles. The van der Waals surface area contributed by atoms with E-state index in [1.165, 1.54) is 0 Å². The second kappa shape index (κ2) is 10.5. The molecule has 0 unspecified atom stereocenters. The van der Waals surface area contributed by atoms with E-state index in [1.807, 2.05) is 38.1 Å². The molecule has 0 radical (unpaired) electrons. The molecule has 0 atom stereocenters. The molecule has 1 amide bonds. The highest BCUT2D eigenvalue weighted by Crippen LogP contribution is 2.36. The molecule has 2 N–H and O–H groups in total. The predicted molar refractivity (Wildman–Crippen MR) is 147 cm³/mol. The maximum absolute atomic E-state index is 13.2. The van der Waals surface area contributed by atoms with Gasteiger partial charge in [0.05, 0.1) is 22.3 Å². The summed E-state index contributed by atoms with van der Waals surface area (Å²) in [6, 6.07) is 10.6. The fraction of sp³-hybridized carbons (Fsp3) is 0.308. The molecule has 0 saturated carbocycles. The average Bonchev–Trinajstić information content (AvgIpc) is 3.17. The van der Waals surface area contributed by atoms with Crippen LogP contribution in [0.2, 0.25) is 15.1 Å². The van der Waals surface area contributed by atoms with Crippen molar-refractivity contribution in [3.05, 3.63) is 78.9 Å². The van der Waals surface area contributed by atoms with Crippen molar-refractivity contribution in [1.82, 2.24) is 24.6 Å². The lowest BCUT2D eigenvalue weighted by Gasteiger charge is -2.29. The first-order chi connectivity index (χ1) is 17.7. The third kappa shape index (κ3) is 5.38. The quantitative estimate of drug-likeness (QED) is 0.317.